The molecule has 1 heterocycles. The van der Waals surface area contributed by atoms with Gasteiger partial charge in [0.25, 0.3) is 0 Å². The van der Waals surface area contributed by atoms with Gasteiger partial charge in [0.1, 0.15) is 0 Å². The molecular weight excluding hydrogens is 252 g/mol. The number of amides is 3. The van der Waals surface area contributed by atoms with Gasteiger partial charge in [-0.1, -0.05) is 32.4 Å². The molecule has 0 radical (unpaired) electrons. The highest BCUT2D eigenvalue weighted by atomic mass is 16.2. The summed E-state index contributed by atoms with van der Waals surface area (Å²) in [6, 6.07) is 5.91. The summed E-state index contributed by atoms with van der Waals surface area (Å²) in [5.41, 5.74) is 3.28. The van der Waals surface area contributed by atoms with Crippen molar-refractivity contribution in [3.05, 3.63) is 29.3 Å². The summed E-state index contributed by atoms with van der Waals surface area (Å²) in [4.78, 5) is 24.7. The number of hydrogen-bond donors (Lipinski definition) is 1. The summed E-state index contributed by atoms with van der Waals surface area (Å²) >= 11 is 0. The van der Waals surface area contributed by atoms with Crippen LogP contribution in [0.15, 0.2) is 18.2 Å². The van der Waals surface area contributed by atoms with Crippen LogP contribution in [0.5, 0.6) is 0 Å². The van der Waals surface area contributed by atoms with E-state index < -0.39 is 0 Å². The molecule has 1 aromatic carbocycles. The molecule has 1 aliphatic heterocycles. The average molecular weight is 274 g/mol. The molecule has 1 N–H and O–H groups in total. The standard InChI is InChI=1S/C16H22N2O2/c1-4-5-11(2)13-6-7-14(12(3)10-13)18-9-8-15(19)17-16(18)20/h6-7,10-11H,4-5,8-9H2,1-3H3,(H,17,19,20). The first kappa shape index (κ1) is 14.6. The molecule has 1 atom stereocenters. The Bertz CT molecular complexity index is 525. The van der Waals surface area contributed by atoms with E-state index in [0.717, 1.165) is 17.7 Å². The second-order valence-electron chi connectivity index (χ2n) is 5.49. The molecule has 0 aromatic heterocycles. The van der Waals surface area contributed by atoms with E-state index in [4.69, 9.17) is 0 Å². The van der Waals surface area contributed by atoms with Crippen LogP contribution in [0.4, 0.5) is 10.5 Å². The largest absolute Gasteiger partial charge is 0.328 e. The molecule has 1 fully saturated rings. The van der Waals surface area contributed by atoms with Gasteiger partial charge in [-0.2, -0.15) is 0 Å². The normalized spacial score (nSPS) is 17.1. The smallest absolute Gasteiger partial charge is 0.293 e. The molecule has 1 aliphatic rings. The summed E-state index contributed by atoms with van der Waals surface area (Å²) in [5.74, 6) is 0.335. The van der Waals surface area contributed by atoms with Crippen molar-refractivity contribution in [2.75, 3.05) is 11.4 Å². The second-order valence-corrected chi connectivity index (χ2v) is 5.49. The number of carbonyl (C=O) groups is 2. The Morgan fingerprint density at radius 1 is 1.35 bits per heavy atom. The Balaban J connectivity index is 2.21. The zero-order chi connectivity index (χ0) is 14.7. The van der Waals surface area contributed by atoms with Crippen LogP contribution in [0.2, 0.25) is 0 Å². The number of nitrogens with zero attached hydrogens (tertiary/aromatic N) is 1. The molecule has 1 aromatic rings. The first-order chi connectivity index (χ1) is 9.52. The van der Waals surface area contributed by atoms with E-state index in [0.29, 0.717) is 18.9 Å². The van der Waals surface area contributed by atoms with E-state index in [-0.39, 0.29) is 11.9 Å². The van der Waals surface area contributed by atoms with Crippen molar-refractivity contribution in [2.45, 2.75) is 46.0 Å². The lowest BCUT2D eigenvalue weighted by molar-refractivity contribution is -0.120. The first-order valence-electron chi connectivity index (χ1n) is 7.24. The summed E-state index contributed by atoms with van der Waals surface area (Å²) in [6.45, 7) is 6.88. The molecule has 20 heavy (non-hydrogen) atoms. The van der Waals surface area contributed by atoms with Gasteiger partial charge in [0.05, 0.1) is 0 Å². The fourth-order valence-corrected chi connectivity index (χ4v) is 2.68. The molecule has 3 amide bonds. The predicted molar refractivity (Wildman–Crippen MR) is 80.0 cm³/mol. The molecule has 1 saturated heterocycles. The van der Waals surface area contributed by atoms with Crippen LogP contribution in [0.3, 0.4) is 0 Å². The summed E-state index contributed by atoms with van der Waals surface area (Å²) in [6.07, 6.45) is 2.69. The minimum atomic E-state index is -0.321. The van der Waals surface area contributed by atoms with Crippen molar-refractivity contribution in [3.63, 3.8) is 0 Å². The Morgan fingerprint density at radius 3 is 2.70 bits per heavy atom. The topological polar surface area (TPSA) is 49.4 Å². The monoisotopic (exact) mass is 274 g/mol. The molecule has 0 saturated carbocycles. The molecule has 2 rings (SSSR count). The van der Waals surface area contributed by atoms with Gasteiger partial charge in [-0.05, 0) is 36.5 Å². The highest BCUT2D eigenvalue weighted by Gasteiger charge is 2.25. The van der Waals surface area contributed by atoms with Crippen LogP contribution >= 0.6 is 0 Å². The highest BCUT2D eigenvalue weighted by Crippen LogP contribution is 2.28. The maximum Gasteiger partial charge on any atom is 0.328 e. The van der Waals surface area contributed by atoms with Crippen molar-refractivity contribution in [2.24, 2.45) is 0 Å². The SMILES string of the molecule is CCCC(C)c1ccc(N2CCC(=O)NC2=O)c(C)c1. The minimum absolute atomic E-state index is 0.197. The molecule has 1 unspecified atom stereocenters. The molecule has 4 nitrogen and oxygen atoms in total. The van der Waals surface area contributed by atoms with Crippen molar-refractivity contribution in [3.8, 4) is 0 Å². The van der Waals surface area contributed by atoms with E-state index in [2.05, 4.69) is 31.3 Å². The number of anilines is 1. The zero-order valence-electron chi connectivity index (χ0n) is 12.4. The van der Waals surface area contributed by atoms with Crippen LogP contribution in [-0.4, -0.2) is 18.5 Å². The molecule has 4 heteroatoms. The second kappa shape index (κ2) is 6.07. The lowest BCUT2D eigenvalue weighted by Crippen LogP contribution is -2.49. The lowest BCUT2D eigenvalue weighted by atomic mass is 9.94. The third-order valence-corrected chi connectivity index (χ3v) is 3.86. The summed E-state index contributed by atoms with van der Waals surface area (Å²) < 4.78 is 0. The van der Waals surface area contributed by atoms with Crippen molar-refractivity contribution < 1.29 is 9.59 Å². The third-order valence-electron chi connectivity index (χ3n) is 3.86. The van der Waals surface area contributed by atoms with Gasteiger partial charge in [-0.15, -0.1) is 0 Å². The Morgan fingerprint density at radius 2 is 2.10 bits per heavy atom. The number of aryl methyl sites for hydroxylation is 1. The van der Waals surface area contributed by atoms with E-state index in [1.807, 2.05) is 13.0 Å². The number of hydrogen-bond acceptors (Lipinski definition) is 2. The van der Waals surface area contributed by atoms with E-state index in [1.54, 1.807) is 4.90 Å². The van der Waals surface area contributed by atoms with E-state index >= 15 is 0 Å². The van der Waals surface area contributed by atoms with Crippen molar-refractivity contribution in [1.82, 2.24) is 5.32 Å². The number of rotatable bonds is 4. The molecule has 0 spiro atoms. The van der Waals surface area contributed by atoms with Gasteiger partial charge in [0.15, 0.2) is 0 Å². The van der Waals surface area contributed by atoms with E-state index in [9.17, 15) is 9.59 Å². The first-order valence-corrected chi connectivity index (χ1v) is 7.24. The summed E-state index contributed by atoms with van der Waals surface area (Å²) in [5, 5.41) is 2.36. The van der Waals surface area contributed by atoms with Gasteiger partial charge in [-0.3, -0.25) is 15.0 Å². The third kappa shape index (κ3) is 3.00. The maximum atomic E-state index is 11.9. The van der Waals surface area contributed by atoms with Crippen molar-refractivity contribution >= 4 is 17.6 Å². The predicted octanol–water partition coefficient (Wildman–Crippen LogP) is 3.34. The highest BCUT2D eigenvalue weighted by molar-refractivity contribution is 6.05. The van der Waals surface area contributed by atoms with Crippen LogP contribution in [0.25, 0.3) is 0 Å². The van der Waals surface area contributed by atoms with Crippen LogP contribution < -0.4 is 10.2 Å². The quantitative estimate of drug-likeness (QED) is 0.915. The zero-order valence-corrected chi connectivity index (χ0v) is 12.4. The lowest BCUT2D eigenvalue weighted by Gasteiger charge is -2.28. The Hall–Kier alpha value is -1.84. The Kier molecular flexibility index (Phi) is 4.42. The van der Waals surface area contributed by atoms with Gasteiger partial charge >= 0.3 is 6.03 Å². The van der Waals surface area contributed by atoms with Crippen LogP contribution in [0, 0.1) is 6.92 Å². The molecule has 0 bridgehead atoms. The number of benzene rings is 1. The Labute approximate surface area is 120 Å². The number of carbonyl (C=O) groups excluding carboxylic acids is 2. The maximum absolute atomic E-state index is 11.9. The number of nitrogens with one attached hydrogen (secondary N) is 1. The number of imide groups is 1. The fourth-order valence-electron chi connectivity index (χ4n) is 2.68. The minimum Gasteiger partial charge on any atom is -0.293 e. The van der Waals surface area contributed by atoms with Gasteiger partial charge < -0.3 is 0 Å². The number of urea groups is 1. The van der Waals surface area contributed by atoms with Gasteiger partial charge in [0.2, 0.25) is 5.91 Å². The van der Waals surface area contributed by atoms with Gasteiger partial charge in [-0.25, -0.2) is 4.79 Å². The fraction of sp³-hybridized carbons (Fsp3) is 0.500. The molecule has 108 valence electrons. The molecule has 0 aliphatic carbocycles. The summed E-state index contributed by atoms with van der Waals surface area (Å²) in [7, 11) is 0. The van der Waals surface area contributed by atoms with Crippen LogP contribution in [0.1, 0.15) is 50.2 Å². The van der Waals surface area contributed by atoms with Crippen LogP contribution in [-0.2, 0) is 4.79 Å². The molecular formula is C16H22N2O2. The van der Waals surface area contributed by atoms with Crippen molar-refractivity contribution in [1.29, 1.82) is 0 Å². The van der Waals surface area contributed by atoms with Gasteiger partial charge in [0, 0.05) is 18.7 Å². The van der Waals surface area contributed by atoms with E-state index in [1.165, 1.54) is 12.0 Å². The average Bonchev–Trinajstić information content (AvgIpc) is 2.40.